The monoisotopic (exact) mass is 259 g/mol. The lowest BCUT2D eigenvalue weighted by Gasteiger charge is -2.03. The van der Waals surface area contributed by atoms with Crippen LogP contribution in [0.5, 0.6) is 0 Å². The summed E-state index contributed by atoms with van der Waals surface area (Å²) >= 11 is 1.56. The van der Waals surface area contributed by atoms with Crippen molar-refractivity contribution in [2.75, 3.05) is 7.05 Å². The van der Waals surface area contributed by atoms with Crippen molar-refractivity contribution in [2.45, 2.75) is 13.0 Å². The van der Waals surface area contributed by atoms with Crippen LogP contribution in [0.3, 0.4) is 0 Å². The zero-order valence-electron chi connectivity index (χ0n) is 10.2. The number of rotatable bonds is 3. The van der Waals surface area contributed by atoms with Gasteiger partial charge in [0.05, 0.1) is 6.04 Å². The minimum absolute atomic E-state index is 0.223. The highest BCUT2D eigenvalue weighted by Crippen LogP contribution is 2.24. The molecule has 1 aromatic carbocycles. The zero-order chi connectivity index (χ0) is 12.5. The quantitative estimate of drug-likeness (QED) is 0.783. The van der Waals surface area contributed by atoms with Crippen molar-refractivity contribution >= 4 is 16.3 Å². The fourth-order valence-electron chi connectivity index (χ4n) is 1.70. The van der Waals surface area contributed by atoms with Gasteiger partial charge in [-0.15, -0.1) is 10.2 Å². The fraction of sp³-hybridized carbons (Fsp3) is 0.250. The van der Waals surface area contributed by atoms with Crippen LogP contribution in [0, 0.1) is 0 Å². The third-order valence-electron chi connectivity index (χ3n) is 2.84. The van der Waals surface area contributed by atoms with Gasteiger partial charge in [0.25, 0.3) is 0 Å². The van der Waals surface area contributed by atoms with Gasteiger partial charge in [-0.1, -0.05) is 41.7 Å². The molecule has 0 spiro atoms. The van der Waals surface area contributed by atoms with Crippen LogP contribution >= 0.6 is 11.3 Å². The molecule has 0 fully saturated rings. The van der Waals surface area contributed by atoms with Gasteiger partial charge in [0.15, 0.2) is 5.82 Å². The molecule has 2 heterocycles. The minimum Gasteiger partial charge on any atom is -0.311 e. The number of hydrogen-bond acceptors (Lipinski definition) is 5. The summed E-state index contributed by atoms with van der Waals surface area (Å²) in [5, 5.41) is 17.1. The normalized spacial score (nSPS) is 13.0. The molecule has 0 aliphatic rings. The van der Waals surface area contributed by atoms with E-state index in [1.807, 2.05) is 41.9 Å². The average Bonchev–Trinajstić information content (AvgIpc) is 2.98. The first-order valence-electron chi connectivity index (χ1n) is 5.74. The largest absolute Gasteiger partial charge is 0.311 e. The van der Waals surface area contributed by atoms with E-state index in [1.54, 1.807) is 11.3 Å². The maximum atomic E-state index is 4.57. The lowest BCUT2D eigenvalue weighted by molar-refractivity contribution is 0.635. The van der Waals surface area contributed by atoms with Gasteiger partial charge in [-0.2, -0.15) is 9.61 Å². The number of nitrogens with one attached hydrogen (secondary N) is 1. The predicted octanol–water partition coefficient (Wildman–Crippen LogP) is 2.13. The lowest BCUT2D eigenvalue weighted by atomic mass is 10.2. The van der Waals surface area contributed by atoms with Crippen LogP contribution in [-0.2, 0) is 0 Å². The van der Waals surface area contributed by atoms with Gasteiger partial charge in [-0.3, -0.25) is 0 Å². The summed E-state index contributed by atoms with van der Waals surface area (Å²) in [7, 11) is 1.92. The second-order valence-electron chi connectivity index (χ2n) is 4.03. The van der Waals surface area contributed by atoms with E-state index in [9.17, 15) is 0 Å². The summed E-state index contributed by atoms with van der Waals surface area (Å²) in [6.45, 7) is 2.08. The molecule has 92 valence electrons. The first-order chi connectivity index (χ1) is 8.79. The Morgan fingerprint density at radius 2 is 2.00 bits per heavy atom. The maximum Gasteiger partial charge on any atom is 0.235 e. The van der Waals surface area contributed by atoms with Crippen molar-refractivity contribution in [3.8, 4) is 11.4 Å². The van der Waals surface area contributed by atoms with Gasteiger partial charge in [-0.25, -0.2) is 0 Å². The van der Waals surface area contributed by atoms with E-state index in [1.165, 1.54) is 0 Å². The molecule has 1 N–H and O–H groups in total. The van der Waals surface area contributed by atoms with Gasteiger partial charge < -0.3 is 5.32 Å². The first-order valence-corrected chi connectivity index (χ1v) is 6.56. The summed E-state index contributed by atoms with van der Waals surface area (Å²) in [4.78, 5) is 0.825. The molecular formula is C12H13N5S. The maximum absolute atomic E-state index is 4.57. The number of nitrogens with zero attached hydrogens (tertiary/aromatic N) is 4. The molecule has 3 rings (SSSR count). The van der Waals surface area contributed by atoms with E-state index in [2.05, 4.69) is 27.5 Å². The van der Waals surface area contributed by atoms with E-state index in [0.29, 0.717) is 0 Å². The van der Waals surface area contributed by atoms with Crippen molar-refractivity contribution in [1.29, 1.82) is 0 Å². The van der Waals surface area contributed by atoms with Gasteiger partial charge in [0.1, 0.15) is 5.01 Å². The van der Waals surface area contributed by atoms with Crippen LogP contribution in [-0.4, -0.2) is 26.9 Å². The van der Waals surface area contributed by atoms with Gasteiger partial charge in [0.2, 0.25) is 4.96 Å². The summed E-state index contributed by atoms with van der Waals surface area (Å²) in [5.74, 6) is 0.788. The fourth-order valence-corrected chi connectivity index (χ4v) is 2.60. The number of fused-ring (bicyclic) bond motifs is 1. The molecule has 0 saturated heterocycles. The molecule has 0 aliphatic carbocycles. The van der Waals surface area contributed by atoms with Crippen molar-refractivity contribution in [3.63, 3.8) is 0 Å². The standard InChI is InChI=1S/C12H13N5S/c1-8(13-2)11-16-17-10(14-15-12(17)18-11)9-6-4-3-5-7-9/h3-8,13H,1-2H3. The van der Waals surface area contributed by atoms with Gasteiger partial charge in [-0.05, 0) is 14.0 Å². The Bertz CT molecular complexity index is 657. The molecule has 0 saturated carbocycles. The predicted molar refractivity (Wildman–Crippen MR) is 71.6 cm³/mol. The van der Waals surface area contributed by atoms with Crippen molar-refractivity contribution in [3.05, 3.63) is 35.3 Å². The van der Waals surface area contributed by atoms with Crippen LogP contribution in [0.1, 0.15) is 18.0 Å². The lowest BCUT2D eigenvalue weighted by Crippen LogP contribution is -2.12. The van der Waals surface area contributed by atoms with Crippen LogP contribution in [0.15, 0.2) is 30.3 Å². The smallest absolute Gasteiger partial charge is 0.235 e. The Morgan fingerprint density at radius 1 is 1.22 bits per heavy atom. The van der Waals surface area contributed by atoms with E-state index >= 15 is 0 Å². The molecular weight excluding hydrogens is 246 g/mol. The molecule has 5 nitrogen and oxygen atoms in total. The highest BCUT2D eigenvalue weighted by atomic mass is 32.1. The molecule has 0 radical (unpaired) electrons. The van der Waals surface area contributed by atoms with E-state index < -0.39 is 0 Å². The van der Waals surface area contributed by atoms with Crippen LogP contribution < -0.4 is 5.32 Å². The van der Waals surface area contributed by atoms with Crippen LogP contribution in [0.25, 0.3) is 16.3 Å². The Balaban J connectivity index is 2.11. The summed E-state index contributed by atoms with van der Waals surface area (Å²) in [6, 6.07) is 10.2. The molecule has 1 unspecified atom stereocenters. The Hall–Kier alpha value is -1.79. The summed E-state index contributed by atoms with van der Waals surface area (Å²) in [5.41, 5.74) is 1.03. The SMILES string of the molecule is CNC(C)c1nn2c(-c3ccccc3)nnc2s1. The van der Waals surface area contributed by atoms with Crippen LogP contribution in [0.4, 0.5) is 0 Å². The Labute approximate surface area is 108 Å². The molecule has 6 heteroatoms. The molecule has 18 heavy (non-hydrogen) atoms. The summed E-state index contributed by atoms with van der Waals surface area (Å²) in [6.07, 6.45) is 0. The molecule has 3 aromatic rings. The third-order valence-corrected chi connectivity index (χ3v) is 3.92. The second kappa shape index (κ2) is 4.47. The number of hydrogen-bond donors (Lipinski definition) is 1. The van der Waals surface area contributed by atoms with Crippen molar-refractivity contribution in [2.24, 2.45) is 0 Å². The molecule has 2 aromatic heterocycles. The van der Waals surface area contributed by atoms with Crippen molar-refractivity contribution < 1.29 is 0 Å². The third kappa shape index (κ3) is 1.79. The second-order valence-corrected chi connectivity index (χ2v) is 5.02. The topological polar surface area (TPSA) is 55.1 Å². The number of benzene rings is 1. The van der Waals surface area contributed by atoms with E-state index in [-0.39, 0.29) is 6.04 Å². The van der Waals surface area contributed by atoms with Gasteiger partial charge in [0, 0.05) is 5.56 Å². The Morgan fingerprint density at radius 3 is 2.72 bits per heavy atom. The highest BCUT2D eigenvalue weighted by molar-refractivity contribution is 7.16. The summed E-state index contributed by atoms with van der Waals surface area (Å²) < 4.78 is 1.81. The molecule has 0 amide bonds. The first kappa shape index (κ1) is 11.3. The van der Waals surface area contributed by atoms with E-state index in [0.717, 1.165) is 21.4 Å². The number of aromatic nitrogens is 4. The highest BCUT2D eigenvalue weighted by Gasteiger charge is 2.15. The van der Waals surface area contributed by atoms with E-state index in [4.69, 9.17) is 0 Å². The van der Waals surface area contributed by atoms with Gasteiger partial charge >= 0.3 is 0 Å². The average molecular weight is 259 g/mol. The van der Waals surface area contributed by atoms with Crippen LogP contribution in [0.2, 0.25) is 0 Å². The van der Waals surface area contributed by atoms with Crippen molar-refractivity contribution in [1.82, 2.24) is 25.1 Å². The minimum atomic E-state index is 0.223. The zero-order valence-corrected chi connectivity index (χ0v) is 11.0. The molecule has 1 atom stereocenters. The molecule has 0 bridgehead atoms. The Kier molecular flexibility index (Phi) is 2.81. The molecule has 0 aliphatic heterocycles.